The van der Waals surface area contributed by atoms with Crippen molar-refractivity contribution in [3.8, 4) is 0 Å². The molecule has 0 N–H and O–H groups in total. The van der Waals surface area contributed by atoms with Gasteiger partial charge in [0.15, 0.2) is 0 Å². The van der Waals surface area contributed by atoms with Gasteiger partial charge in [-0.3, -0.25) is 0 Å². The molecular formula is C12H21Cl. The van der Waals surface area contributed by atoms with E-state index in [0.717, 1.165) is 11.8 Å². The first-order valence-corrected chi connectivity index (χ1v) is 6.04. The molecule has 0 aromatic carbocycles. The van der Waals surface area contributed by atoms with Gasteiger partial charge in [0.05, 0.1) is 0 Å². The van der Waals surface area contributed by atoms with E-state index in [2.05, 4.69) is 19.9 Å². The predicted octanol–water partition coefficient (Wildman–Crippen LogP) is 4.39. The van der Waals surface area contributed by atoms with Crippen molar-refractivity contribution in [3.05, 3.63) is 11.6 Å². The third-order valence-corrected chi connectivity index (χ3v) is 3.62. The molecule has 13 heavy (non-hydrogen) atoms. The van der Waals surface area contributed by atoms with Crippen molar-refractivity contribution < 1.29 is 0 Å². The number of hydrogen-bond acceptors (Lipinski definition) is 0. The molecule has 1 fully saturated rings. The lowest BCUT2D eigenvalue weighted by Crippen LogP contribution is -2.17. The zero-order chi connectivity index (χ0) is 9.68. The molecule has 2 unspecified atom stereocenters. The van der Waals surface area contributed by atoms with E-state index in [-0.39, 0.29) is 0 Å². The van der Waals surface area contributed by atoms with Gasteiger partial charge >= 0.3 is 0 Å². The van der Waals surface area contributed by atoms with Gasteiger partial charge in [0.2, 0.25) is 0 Å². The molecule has 1 aliphatic rings. The summed E-state index contributed by atoms with van der Waals surface area (Å²) in [5.74, 6) is 2.44. The molecule has 0 spiro atoms. The number of rotatable bonds is 3. The van der Waals surface area contributed by atoms with E-state index in [1.807, 2.05) is 0 Å². The molecule has 0 radical (unpaired) electrons. The molecule has 1 rings (SSSR count). The van der Waals surface area contributed by atoms with Crippen LogP contribution in [0.3, 0.4) is 0 Å². The Balaban J connectivity index is 2.54. The Morgan fingerprint density at radius 1 is 1.38 bits per heavy atom. The van der Waals surface area contributed by atoms with Crippen LogP contribution in [0, 0.1) is 11.8 Å². The highest BCUT2D eigenvalue weighted by Gasteiger charge is 2.21. The molecule has 2 atom stereocenters. The minimum absolute atomic E-state index is 0.701. The average molecular weight is 201 g/mol. The molecule has 0 saturated heterocycles. The van der Waals surface area contributed by atoms with Crippen molar-refractivity contribution in [1.29, 1.82) is 0 Å². The summed E-state index contributed by atoms with van der Waals surface area (Å²) in [5, 5.41) is 0. The summed E-state index contributed by atoms with van der Waals surface area (Å²) in [6, 6.07) is 0. The van der Waals surface area contributed by atoms with E-state index in [4.69, 9.17) is 11.6 Å². The van der Waals surface area contributed by atoms with E-state index in [1.54, 1.807) is 0 Å². The third kappa shape index (κ3) is 3.34. The van der Waals surface area contributed by atoms with Crippen molar-refractivity contribution in [2.24, 2.45) is 11.8 Å². The van der Waals surface area contributed by atoms with Crippen LogP contribution in [-0.2, 0) is 0 Å². The fourth-order valence-electron chi connectivity index (χ4n) is 2.37. The van der Waals surface area contributed by atoms with Crippen molar-refractivity contribution in [2.45, 2.75) is 46.0 Å². The molecule has 0 aromatic rings. The predicted molar refractivity (Wildman–Crippen MR) is 60.2 cm³/mol. The molecule has 0 aromatic heterocycles. The maximum atomic E-state index is 5.79. The van der Waals surface area contributed by atoms with Crippen molar-refractivity contribution in [2.75, 3.05) is 5.88 Å². The van der Waals surface area contributed by atoms with Crippen LogP contribution >= 0.6 is 11.6 Å². The van der Waals surface area contributed by atoms with Crippen molar-refractivity contribution in [3.63, 3.8) is 0 Å². The lowest BCUT2D eigenvalue weighted by molar-refractivity contribution is 0.275. The Hall–Kier alpha value is 0.0300. The number of allylic oxidation sites excluding steroid dienone is 2. The van der Waals surface area contributed by atoms with Gasteiger partial charge < -0.3 is 0 Å². The Kier molecular flexibility index (Phi) is 4.87. The minimum atomic E-state index is 0.701. The highest BCUT2D eigenvalue weighted by atomic mass is 35.5. The lowest BCUT2D eigenvalue weighted by Gasteiger charge is -2.28. The Labute approximate surface area is 87.4 Å². The van der Waals surface area contributed by atoms with E-state index in [1.165, 1.54) is 37.7 Å². The molecule has 0 nitrogen and oxygen atoms in total. The summed E-state index contributed by atoms with van der Waals surface area (Å²) < 4.78 is 0. The van der Waals surface area contributed by atoms with E-state index >= 15 is 0 Å². The fourth-order valence-corrected chi connectivity index (χ4v) is 2.46. The minimum Gasteiger partial charge on any atom is -0.122 e. The molecule has 0 aliphatic heterocycles. The van der Waals surface area contributed by atoms with Gasteiger partial charge in [-0.1, -0.05) is 37.8 Å². The fraction of sp³-hybridized carbons (Fsp3) is 0.833. The summed E-state index contributed by atoms with van der Waals surface area (Å²) in [4.78, 5) is 0. The third-order valence-electron chi connectivity index (χ3n) is 3.20. The quantitative estimate of drug-likeness (QED) is 0.468. The largest absolute Gasteiger partial charge is 0.122 e. The molecule has 76 valence electrons. The summed E-state index contributed by atoms with van der Waals surface area (Å²) in [7, 11) is 0. The normalized spacial score (nSPS) is 30.5. The number of hydrogen-bond donors (Lipinski definition) is 0. The van der Waals surface area contributed by atoms with Gasteiger partial charge in [-0.2, -0.15) is 0 Å². The van der Waals surface area contributed by atoms with Gasteiger partial charge in [0, 0.05) is 5.88 Å². The average Bonchev–Trinajstić information content (AvgIpc) is 2.18. The van der Waals surface area contributed by atoms with E-state index in [9.17, 15) is 0 Å². The molecule has 1 aliphatic carbocycles. The van der Waals surface area contributed by atoms with Crippen LogP contribution < -0.4 is 0 Å². The first kappa shape index (κ1) is 11.1. The second kappa shape index (κ2) is 5.70. The van der Waals surface area contributed by atoms with Crippen LogP contribution in [0.1, 0.15) is 46.0 Å². The number of halogens is 1. The first-order valence-electron chi connectivity index (χ1n) is 5.51. The van der Waals surface area contributed by atoms with Gasteiger partial charge in [-0.25, -0.2) is 0 Å². The van der Waals surface area contributed by atoms with Gasteiger partial charge in [0.1, 0.15) is 0 Å². The van der Waals surface area contributed by atoms with Crippen LogP contribution in [0.15, 0.2) is 11.6 Å². The maximum Gasteiger partial charge on any atom is 0.0430 e. The second-order valence-electron chi connectivity index (χ2n) is 4.26. The van der Waals surface area contributed by atoms with Gasteiger partial charge in [0.25, 0.3) is 0 Å². The van der Waals surface area contributed by atoms with Crippen LogP contribution in [0.2, 0.25) is 0 Å². The zero-order valence-electron chi connectivity index (χ0n) is 8.85. The topological polar surface area (TPSA) is 0 Å². The van der Waals surface area contributed by atoms with Gasteiger partial charge in [-0.15, -0.1) is 11.6 Å². The lowest BCUT2D eigenvalue weighted by atomic mass is 9.77. The number of alkyl halides is 1. The maximum absolute atomic E-state index is 5.79. The molecule has 1 saturated carbocycles. The SMILES string of the molecule is CCC1CCCCC1/C=C(/C)CCl. The smallest absolute Gasteiger partial charge is 0.0430 e. The van der Waals surface area contributed by atoms with E-state index < -0.39 is 0 Å². The molecule has 0 bridgehead atoms. The monoisotopic (exact) mass is 200 g/mol. The van der Waals surface area contributed by atoms with Crippen LogP contribution in [-0.4, -0.2) is 5.88 Å². The van der Waals surface area contributed by atoms with Crippen molar-refractivity contribution in [1.82, 2.24) is 0 Å². The van der Waals surface area contributed by atoms with Crippen LogP contribution in [0.4, 0.5) is 0 Å². The van der Waals surface area contributed by atoms with Gasteiger partial charge in [-0.05, 0) is 31.6 Å². The Morgan fingerprint density at radius 2 is 2.08 bits per heavy atom. The summed E-state index contributed by atoms with van der Waals surface area (Å²) in [6.07, 6.45) is 9.40. The zero-order valence-corrected chi connectivity index (χ0v) is 9.61. The Bertz CT molecular complexity index is 172. The van der Waals surface area contributed by atoms with Crippen LogP contribution in [0.5, 0.6) is 0 Å². The summed E-state index contributed by atoms with van der Waals surface area (Å²) >= 11 is 5.79. The standard InChI is InChI=1S/C12H21Cl/c1-3-11-6-4-5-7-12(11)8-10(2)9-13/h8,11-12H,3-7,9H2,1-2H3/b10-8-. The molecule has 1 heteroatoms. The Morgan fingerprint density at radius 3 is 2.69 bits per heavy atom. The van der Waals surface area contributed by atoms with Crippen LogP contribution in [0.25, 0.3) is 0 Å². The first-order chi connectivity index (χ1) is 6.27. The summed E-state index contributed by atoms with van der Waals surface area (Å²) in [6.45, 7) is 4.46. The second-order valence-corrected chi connectivity index (χ2v) is 4.53. The molecule has 0 heterocycles. The highest BCUT2D eigenvalue weighted by molar-refractivity contribution is 6.19. The van der Waals surface area contributed by atoms with Crippen molar-refractivity contribution >= 4 is 11.6 Å². The highest BCUT2D eigenvalue weighted by Crippen LogP contribution is 2.33. The van der Waals surface area contributed by atoms with E-state index in [0.29, 0.717) is 5.88 Å². The summed E-state index contributed by atoms with van der Waals surface area (Å²) in [5.41, 5.74) is 1.35. The molecule has 0 amide bonds. The molecular weight excluding hydrogens is 180 g/mol.